The Morgan fingerprint density at radius 3 is 2.62 bits per heavy atom. The molecule has 1 aromatic rings. The summed E-state index contributed by atoms with van der Waals surface area (Å²) in [7, 11) is 0. The van der Waals surface area contributed by atoms with Gasteiger partial charge in [-0.3, -0.25) is 4.79 Å². The summed E-state index contributed by atoms with van der Waals surface area (Å²) in [6.45, 7) is 6.28. The minimum absolute atomic E-state index is 0. The van der Waals surface area contributed by atoms with Crippen LogP contribution in [0.4, 0.5) is 10.1 Å². The number of rotatable bonds is 1. The van der Waals surface area contributed by atoms with E-state index in [0.29, 0.717) is 0 Å². The number of carbonyl (C=O) groups excluding carboxylic acids is 1. The average molecular weight is 313 g/mol. The number of anilines is 1. The Balaban J connectivity index is 0.00000161. The van der Waals surface area contributed by atoms with Gasteiger partial charge in [0.05, 0.1) is 0 Å². The maximum absolute atomic E-state index is 13.5. The van der Waals surface area contributed by atoms with E-state index in [1.165, 1.54) is 6.07 Å². The first-order valence-electron chi connectivity index (χ1n) is 7.34. The van der Waals surface area contributed by atoms with Gasteiger partial charge in [0.2, 0.25) is 5.91 Å². The van der Waals surface area contributed by atoms with E-state index in [-0.39, 0.29) is 35.5 Å². The van der Waals surface area contributed by atoms with Crippen LogP contribution in [0, 0.1) is 11.7 Å². The minimum atomic E-state index is -0.174. The number of carbonyl (C=O) groups is 1. The Morgan fingerprint density at radius 2 is 2.00 bits per heavy atom. The lowest BCUT2D eigenvalue weighted by atomic mass is 9.74. The number of amides is 1. The second-order valence-corrected chi connectivity index (χ2v) is 6.30. The third-order valence-electron chi connectivity index (χ3n) is 4.70. The Bertz CT molecular complexity index is 539. The molecule has 2 heterocycles. The lowest BCUT2D eigenvalue weighted by Gasteiger charge is -2.40. The largest absolute Gasteiger partial charge is 0.384 e. The van der Waals surface area contributed by atoms with Crippen LogP contribution in [0.15, 0.2) is 18.2 Å². The number of fused-ring (bicyclic) bond motifs is 2. The van der Waals surface area contributed by atoms with Crippen molar-refractivity contribution >= 4 is 24.0 Å². The second-order valence-electron chi connectivity index (χ2n) is 6.30. The smallest absolute Gasteiger partial charge is 0.225 e. The summed E-state index contributed by atoms with van der Waals surface area (Å²) < 4.78 is 13.5. The van der Waals surface area contributed by atoms with E-state index in [1.807, 2.05) is 24.8 Å². The van der Waals surface area contributed by atoms with Crippen LogP contribution in [-0.4, -0.2) is 30.4 Å². The highest BCUT2D eigenvalue weighted by Crippen LogP contribution is 2.44. The molecule has 1 amide bonds. The molecule has 0 unspecified atom stereocenters. The number of piperidine rings is 1. The van der Waals surface area contributed by atoms with Crippen molar-refractivity contribution in [1.29, 1.82) is 0 Å². The number of hydrogen-bond acceptors (Lipinski definition) is 2. The van der Waals surface area contributed by atoms with Crippen LogP contribution in [0.1, 0.15) is 32.3 Å². The number of nitrogens with one attached hydrogen (secondary N) is 1. The monoisotopic (exact) mass is 312 g/mol. The number of benzene rings is 1. The third-order valence-corrected chi connectivity index (χ3v) is 4.70. The van der Waals surface area contributed by atoms with Gasteiger partial charge in [0.25, 0.3) is 0 Å². The molecule has 21 heavy (non-hydrogen) atoms. The zero-order valence-electron chi connectivity index (χ0n) is 12.5. The van der Waals surface area contributed by atoms with Crippen molar-refractivity contribution in [1.82, 2.24) is 4.90 Å². The SMILES string of the molecule is CC(C)C(=O)N1CCC2(CC1)CNc1ccc(F)cc12.Cl. The minimum Gasteiger partial charge on any atom is -0.384 e. The molecule has 1 aromatic carbocycles. The van der Waals surface area contributed by atoms with Crippen LogP contribution in [0.3, 0.4) is 0 Å². The fourth-order valence-corrected chi connectivity index (χ4v) is 3.44. The highest BCUT2D eigenvalue weighted by Gasteiger charge is 2.42. The first-order chi connectivity index (χ1) is 9.52. The summed E-state index contributed by atoms with van der Waals surface area (Å²) in [4.78, 5) is 14.0. The third kappa shape index (κ3) is 2.73. The molecular formula is C16H22ClFN2O. The van der Waals surface area contributed by atoms with Gasteiger partial charge in [0.15, 0.2) is 0 Å². The molecule has 1 spiro atoms. The predicted molar refractivity (Wildman–Crippen MR) is 84.5 cm³/mol. The molecule has 3 nitrogen and oxygen atoms in total. The van der Waals surface area contributed by atoms with Crippen molar-refractivity contribution in [3.8, 4) is 0 Å². The predicted octanol–water partition coefficient (Wildman–Crippen LogP) is 3.19. The lowest BCUT2D eigenvalue weighted by molar-refractivity contribution is -0.136. The molecule has 2 aliphatic heterocycles. The summed E-state index contributed by atoms with van der Waals surface area (Å²) >= 11 is 0. The van der Waals surface area contributed by atoms with E-state index < -0.39 is 0 Å². The van der Waals surface area contributed by atoms with Gasteiger partial charge in [-0.25, -0.2) is 4.39 Å². The maximum atomic E-state index is 13.5. The van der Waals surface area contributed by atoms with E-state index in [4.69, 9.17) is 0 Å². The van der Waals surface area contributed by atoms with Crippen LogP contribution < -0.4 is 5.32 Å². The Morgan fingerprint density at radius 1 is 1.33 bits per heavy atom. The first-order valence-corrected chi connectivity index (χ1v) is 7.34. The number of halogens is 2. The van der Waals surface area contributed by atoms with Gasteiger partial charge in [-0.2, -0.15) is 0 Å². The molecule has 0 aromatic heterocycles. The maximum Gasteiger partial charge on any atom is 0.225 e. The quantitative estimate of drug-likeness (QED) is 0.864. The lowest BCUT2D eigenvalue weighted by Crippen LogP contribution is -2.47. The van der Waals surface area contributed by atoms with Crippen LogP contribution in [0.5, 0.6) is 0 Å². The van der Waals surface area contributed by atoms with Crippen molar-refractivity contribution in [2.24, 2.45) is 5.92 Å². The van der Waals surface area contributed by atoms with E-state index >= 15 is 0 Å². The molecule has 0 aliphatic carbocycles. The van der Waals surface area contributed by atoms with E-state index in [9.17, 15) is 9.18 Å². The van der Waals surface area contributed by atoms with Crippen LogP contribution in [0.2, 0.25) is 0 Å². The van der Waals surface area contributed by atoms with Crippen molar-refractivity contribution in [3.63, 3.8) is 0 Å². The summed E-state index contributed by atoms with van der Waals surface area (Å²) in [6, 6.07) is 4.99. The molecule has 116 valence electrons. The first kappa shape index (κ1) is 16.1. The molecule has 0 saturated carbocycles. The Kier molecular flexibility index (Phi) is 4.47. The highest BCUT2D eigenvalue weighted by atomic mass is 35.5. The Labute approximate surface area is 131 Å². The fraction of sp³-hybridized carbons (Fsp3) is 0.562. The number of hydrogen-bond donors (Lipinski definition) is 1. The van der Waals surface area contributed by atoms with Crippen molar-refractivity contribution in [3.05, 3.63) is 29.6 Å². The van der Waals surface area contributed by atoms with Gasteiger partial charge in [-0.05, 0) is 36.6 Å². The molecule has 0 radical (unpaired) electrons. The summed E-state index contributed by atoms with van der Waals surface area (Å²) in [5, 5.41) is 3.38. The number of nitrogens with zero attached hydrogens (tertiary/aromatic N) is 1. The van der Waals surface area contributed by atoms with E-state index in [2.05, 4.69) is 5.32 Å². The van der Waals surface area contributed by atoms with Crippen molar-refractivity contribution in [2.45, 2.75) is 32.1 Å². The van der Waals surface area contributed by atoms with Gasteiger partial charge >= 0.3 is 0 Å². The Hall–Kier alpha value is -1.29. The van der Waals surface area contributed by atoms with Gasteiger partial charge in [0.1, 0.15) is 5.82 Å². The van der Waals surface area contributed by atoms with Crippen LogP contribution in [-0.2, 0) is 10.2 Å². The van der Waals surface area contributed by atoms with Crippen molar-refractivity contribution in [2.75, 3.05) is 25.0 Å². The summed E-state index contributed by atoms with van der Waals surface area (Å²) in [6.07, 6.45) is 1.82. The van der Waals surface area contributed by atoms with Gasteiger partial charge < -0.3 is 10.2 Å². The van der Waals surface area contributed by atoms with Gasteiger partial charge in [-0.1, -0.05) is 13.8 Å². The second kappa shape index (κ2) is 5.84. The normalized spacial score (nSPS) is 19.1. The van der Waals surface area contributed by atoms with Crippen LogP contribution >= 0.6 is 12.4 Å². The van der Waals surface area contributed by atoms with E-state index in [0.717, 1.165) is 43.7 Å². The zero-order valence-corrected chi connectivity index (χ0v) is 13.3. The molecule has 3 rings (SSSR count). The summed E-state index contributed by atoms with van der Waals surface area (Å²) in [5.41, 5.74) is 2.15. The molecule has 1 saturated heterocycles. The van der Waals surface area contributed by atoms with Crippen LogP contribution in [0.25, 0.3) is 0 Å². The molecule has 0 bridgehead atoms. The molecule has 0 atom stereocenters. The standard InChI is InChI=1S/C16H21FN2O.ClH/c1-11(2)15(20)19-7-5-16(6-8-19)10-18-14-4-3-12(17)9-13(14)16;/h3-4,9,11,18H,5-8,10H2,1-2H3;1H. The topological polar surface area (TPSA) is 32.3 Å². The molecule has 1 N–H and O–H groups in total. The molecule has 5 heteroatoms. The summed E-state index contributed by atoms with van der Waals surface area (Å²) in [5.74, 6) is 0.105. The van der Waals surface area contributed by atoms with Crippen molar-refractivity contribution < 1.29 is 9.18 Å². The van der Waals surface area contributed by atoms with Gasteiger partial charge in [0, 0.05) is 36.7 Å². The van der Waals surface area contributed by atoms with Gasteiger partial charge in [-0.15, -0.1) is 12.4 Å². The molecule has 2 aliphatic rings. The molecular weight excluding hydrogens is 291 g/mol. The fourth-order valence-electron chi connectivity index (χ4n) is 3.44. The average Bonchev–Trinajstić information content (AvgIpc) is 2.77. The number of likely N-dealkylation sites (tertiary alicyclic amines) is 1. The van der Waals surface area contributed by atoms with E-state index in [1.54, 1.807) is 6.07 Å². The molecule has 1 fully saturated rings. The highest BCUT2D eigenvalue weighted by molar-refractivity contribution is 5.85. The zero-order chi connectivity index (χ0) is 14.3.